The van der Waals surface area contributed by atoms with Crippen molar-refractivity contribution in [3.63, 3.8) is 0 Å². The standard InChI is InChI=1S/C7H7ClN4O/c1-3-9-5(8)4-6(10-3)11-7(13)12(4)2/h1-2H3,(H,9,10,11,13). The van der Waals surface area contributed by atoms with Gasteiger partial charge in [-0.1, -0.05) is 11.6 Å². The number of halogens is 1. The summed E-state index contributed by atoms with van der Waals surface area (Å²) in [5.74, 6) is 0.541. The van der Waals surface area contributed by atoms with Crippen LogP contribution >= 0.6 is 11.6 Å². The highest BCUT2D eigenvalue weighted by molar-refractivity contribution is 6.33. The number of aryl methyl sites for hydroxylation is 2. The van der Waals surface area contributed by atoms with E-state index in [1.165, 1.54) is 4.57 Å². The quantitative estimate of drug-likeness (QED) is 0.632. The number of aromatic amines is 1. The Morgan fingerprint density at radius 2 is 2.15 bits per heavy atom. The van der Waals surface area contributed by atoms with Gasteiger partial charge in [0.2, 0.25) is 0 Å². The molecule has 0 saturated heterocycles. The monoisotopic (exact) mass is 198 g/mol. The Labute approximate surface area is 78.4 Å². The first kappa shape index (κ1) is 8.25. The number of fused-ring (bicyclic) bond motifs is 1. The van der Waals surface area contributed by atoms with Crippen molar-refractivity contribution in [2.24, 2.45) is 7.05 Å². The van der Waals surface area contributed by atoms with E-state index >= 15 is 0 Å². The Balaban J connectivity index is 3.03. The molecule has 2 rings (SSSR count). The summed E-state index contributed by atoms with van der Waals surface area (Å²) in [5, 5.41) is 0.295. The highest BCUT2D eigenvalue weighted by atomic mass is 35.5. The highest BCUT2D eigenvalue weighted by Crippen LogP contribution is 2.16. The minimum Gasteiger partial charge on any atom is -0.291 e. The lowest BCUT2D eigenvalue weighted by molar-refractivity contribution is 0.889. The zero-order valence-corrected chi connectivity index (χ0v) is 7.88. The van der Waals surface area contributed by atoms with E-state index in [2.05, 4.69) is 15.0 Å². The van der Waals surface area contributed by atoms with Gasteiger partial charge in [-0.2, -0.15) is 0 Å². The Hall–Kier alpha value is -1.36. The van der Waals surface area contributed by atoms with Crippen LogP contribution < -0.4 is 5.69 Å². The van der Waals surface area contributed by atoms with Crippen LogP contribution in [0.5, 0.6) is 0 Å². The number of hydrogen-bond donors (Lipinski definition) is 1. The van der Waals surface area contributed by atoms with Crippen LogP contribution in [0.15, 0.2) is 4.79 Å². The average Bonchev–Trinajstić information content (AvgIpc) is 2.27. The van der Waals surface area contributed by atoms with Crippen LogP contribution in [-0.4, -0.2) is 19.5 Å². The third-order valence-corrected chi connectivity index (χ3v) is 2.08. The van der Waals surface area contributed by atoms with Gasteiger partial charge in [0, 0.05) is 7.05 Å². The van der Waals surface area contributed by atoms with Crippen molar-refractivity contribution in [2.45, 2.75) is 6.92 Å². The predicted molar refractivity (Wildman–Crippen MR) is 48.9 cm³/mol. The van der Waals surface area contributed by atoms with Crippen molar-refractivity contribution in [1.82, 2.24) is 19.5 Å². The Kier molecular flexibility index (Phi) is 1.63. The maximum absolute atomic E-state index is 11.2. The molecule has 0 unspecified atom stereocenters. The van der Waals surface area contributed by atoms with Crippen molar-refractivity contribution < 1.29 is 0 Å². The van der Waals surface area contributed by atoms with Gasteiger partial charge in [0.15, 0.2) is 10.8 Å². The second-order valence-corrected chi connectivity index (χ2v) is 3.11. The van der Waals surface area contributed by atoms with E-state index in [9.17, 15) is 4.79 Å². The summed E-state index contributed by atoms with van der Waals surface area (Å²) in [4.78, 5) is 21.8. The maximum atomic E-state index is 11.2. The van der Waals surface area contributed by atoms with Crippen LogP contribution in [0.2, 0.25) is 5.15 Å². The molecule has 2 aromatic heterocycles. The molecule has 13 heavy (non-hydrogen) atoms. The molecule has 2 aromatic rings. The van der Waals surface area contributed by atoms with Crippen molar-refractivity contribution >= 4 is 22.8 Å². The van der Waals surface area contributed by atoms with E-state index in [-0.39, 0.29) is 5.69 Å². The molecule has 1 N–H and O–H groups in total. The SMILES string of the molecule is Cc1nc(Cl)c2c(n1)[nH]c(=O)n2C. The topological polar surface area (TPSA) is 63.6 Å². The minimum absolute atomic E-state index is 0.239. The summed E-state index contributed by atoms with van der Waals surface area (Å²) >= 11 is 5.85. The van der Waals surface area contributed by atoms with Gasteiger partial charge in [0.1, 0.15) is 11.3 Å². The van der Waals surface area contributed by atoms with E-state index in [1.807, 2.05) is 0 Å². The fourth-order valence-electron chi connectivity index (χ4n) is 1.20. The van der Waals surface area contributed by atoms with Gasteiger partial charge < -0.3 is 0 Å². The zero-order chi connectivity index (χ0) is 9.59. The Morgan fingerprint density at radius 3 is 2.85 bits per heavy atom. The van der Waals surface area contributed by atoms with Gasteiger partial charge in [0.25, 0.3) is 0 Å². The summed E-state index contributed by atoms with van der Waals surface area (Å²) in [7, 11) is 1.62. The number of nitrogens with one attached hydrogen (secondary N) is 1. The number of rotatable bonds is 0. The second-order valence-electron chi connectivity index (χ2n) is 2.75. The van der Waals surface area contributed by atoms with Crippen LogP contribution in [0, 0.1) is 6.92 Å². The summed E-state index contributed by atoms with van der Waals surface area (Å²) in [5.41, 5.74) is 0.777. The molecule has 0 bridgehead atoms. The van der Waals surface area contributed by atoms with Crippen LogP contribution in [-0.2, 0) is 7.05 Å². The molecule has 2 heterocycles. The molecule has 0 saturated carbocycles. The molecule has 6 heteroatoms. The highest BCUT2D eigenvalue weighted by Gasteiger charge is 2.09. The first-order chi connectivity index (χ1) is 6.09. The molecule has 68 valence electrons. The predicted octanol–water partition coefficient (Wildman–Crippen LogP) is 0.618. The van der Waals surface area contributed by atoms with Crippen molar-refractivity contribution in [3.8, 4) is 0 Å². The molecular weight excluding hydrogens is 192 g/mol. The first-order valence-corrected chi connectivity index (χ1v) is 4.06. The molecule has 0 radical (unpaired) electrons. The molecule has 0 aromatic carbocycles. The van der Waals surface area contributed by atoms with E-state index in [0.717, 1.165) is 0 Å². The molecule has 0 amide bonds. The Morgan fingerprint density at radius 1 is 1.46 bits per heavy atom. The van der Waals surface area contributed by atoms with Crippen LogP contribution in [0.25, 0.3) is 11.2 Å². The molecule has 0 aliphatic heterocycles. The number of aromatic nitrogens is 4. The largest absolute Gasteiger partial charge is 0.327 e. The summed E-state index contributed by atoms with van der Waals surface area (Å²) in [6.45, 7) is 1.72. The lowest BCUT2D eigenvalue weighted by atomic mass is 10.5. The van der Waals surface area contributed by atoms with Crippen LogP contribution in [0.4, 0.5) is 0 Å². The molecule has 5 nitrogen and oxygen atoms in total. The second kappa shape index (κ2) is 2.56. The minimum atomic E-state index is -0.239. The normalized spacial score (nSPS) is 11.0. The molecule has 0 aliphatic rings. The smallest absolute Gasteiger partial charge is 0.291 e. The van der Waals surface area contributed by atoms with Gasteiger partial charge >= 0.3 is 5.69 Å². The summed E-state index contributed by atoms with van der Waals surface area (Å²) in [6.07, 6.45) is 0. The third kappa shape index (κ3) is 1.12. The number of hydrogen-bond acceptors (Lipinski definition) is 3. The van der Waals surface area contributed by atoms with Crippen molar-refractivity contribution in [1.29, 1.82) is 0 Å². The fourth-order valence-corrected chi connectivity index (χ4v) is 1.54. The van der Waals surface area contributed by atoms with Crippen molar-refractivity contribution in [2.75, 3.05) is 0 Å². The maximum Gasteiger partial charge on any atom is 0.327 e. The third-order valence-electron chi connectivity index (χ3n) is 1.82. The first-order valence-electron chi connectivity index (χ1n) is 3.68. The molecular formula is C7H7ClN4O. The van der Waals surface area contributed by atoms with Gasteiger partial charge in [-0.3, -0.25) is 9.55 Å². The number of H-pyrrole nitrogens is 1. The fraction of sp³-hybridized carbons (Fsp3) is 0.286. The van der Waals surface area contributed by atoms with E-state index in [4.69, 9.17) is 11.6 Å². The lowest BCUT2D eigenvalue weighted by Gasteiger charge is -1.96. The van der Waals surface area contributed by atoms with E-state index in [0.29, 0.717) is 22.1 Å². The number of nitrogens with zero attached hydrogens (tertiary/aromatic N) is 3. The van der Waals surface area contributed by atoms with Gasteiger partial charge in [0.05, 0.1) is 0 Å². The molecule has 0 spiro atoms. The van der Waals surface area contributed by atoms with Crippen LogP contribution in [0.1, 0.15) is 5.82 Å². The average molecular weight is 199 g/mol. The number of imidazole rings is 1. The Bertz CT molecular complexity index is 527. The van der Waals surface area contributed by atoms with Gasteiger partial charge in [-0.05, 0) is 6.92 Å². The zero-order valence-electron chi connectivity index (χ0n) is 7.13. The van der Waals surface area contributed by atoms with Crippen LogP contribution in [0.3, 0.4) is 0 Å². The summed E-state index contributed by atoms with van der Waals surface area (Å²) < 4.78 is 1.39. The van der Waals surface area contributed by atoms with Gasteiger partial charge in [-0.25, -0.2) is 14.8 Å². The molecule has 0 atom stereocenters. The molecule has 0 fully saturated rings. The van der Waals surface area contributed by atoms with E-state index in [1.54, 1.807) is 14.0 Å². The van der Waals surface area contributed by atoms with E-state index < -0.39 is 0 Å². The molecule has 0 aliphatic carbocycles. The van der Waals surface area contributed by atoms with Gasteiger partial charge in [-0.15, -0.1) is 0 Å². The van der Waals surface area contributed by atoms with Crippen molar-refractivity contribution in [3.05, 3.63) is 21.5 Å². The lowest BCUT2D eigenvalue weighted by Crippen LogP contribution is -2.12. The summed E-state index contributed by atoms with van der Waals surface area (Å²) in [6, 6.07) is 0.